The Morgan fingerprint density at radius 3 is 2.88 bits per heavy atom. The second-order valence-corrected chi connectivity index (χ2v) is 4.10. The molecule has 0 bridgehead atoms. The van der Waals surface area contributed by atoms with Crippen molar-refractivity contribution in [3.8, 4) is 0 Å². The number of hydrazine groups is 1. The lowest BCUT2D eigenvalue weighted by molar-refractivity contribution is 0.513. The summed E-state index contributed by atoms with van der Waals surface area (Å²) in [5.74, 6) is 5.05. The monoisotopic (exact) mass is 254 g/mol. The summed E-state index contributed by atoms with van der Waals surface area (Å²) in [4.78, 5) is 0. The number of nitrogens with one attached hydrogen (secondary N) is 1. The molecule has 0 spiro atoms. The van der Waals surface area contributed by atoms with Crippen molar-refractivity contribution in [2.75, 3.05) is 0 Å². The van der Waals surface area contributed by atoms with Gasteiger partial charge in [-0.1, -0.05) is 23.7 Å². The Labute approximate surface area is 103 Å². The fraction of sp³-hybridized carbons (Fsp3) is 0.167. The molecule has 0 saturated carbocycles. The minimum absolute atomic E-state index is 0.116. The van der Waals surface area contributed by atoms with Crippen molar-refractivity contribution in [1.82, 2.24) is 5.43 Å². The first kappa shape index (κ1) is 12.1. The van der Waals surface area contributed by atoms with E-state index >= 15 is 0 Å². The van der Waals surface area contributed by atoms with Gasteiger partial charge < -0.3 is 4.42 Å². The molecule has 1 heterocycles. The third kappa shape index (κ3) is 2.66. The second kappa shape index (κ2) is 5.31. The van der Waals surface area contributed by atoms with Gasteiger partial charge in [-0.3, -0.25) is 11.3 Å². The molecule has 0 radical (unpaired) electrons. The van der Waals surface area contributed by atoms with Crippen LogP contribution in [0.5, 0.6) is 0 Å². The Balaban J connectivity index is 2.22. The molecule has 5 heteroatoms. The van der Waals surface area contributed by atoms with Crippen LogP contribution in [0.4, 0.5) is 4.39 Å². The molecule has 90 valence electrons. The smallest absolute Gasteiger partial charge is 0.145 e. The Morgan fingerprint density at radius 1 is 1.41 bits per heavy atom. The van der Waals surface area contributed by atoms with Crippen LogP contribution in [-0.2, 0) is 6.42 Å². The van der Waals surface area contributed by atoms with Gasteiger partial charge >= 0.3 is 0 Å². The minimum atomic E-state index is -0.405. The van der Waals surface area contributed by atoms with Crippen molar-refractivity contribution in [2.24, 2.45) is 5.84 Å². The largest absolute Gasteiger partial charge is 0.472 e. The normalized spacial score (nSPS) is 12.6. The van der Waals surface area contributed by atoms with Gasteiger partial charge in [-0.2, -0.15) is 0 Å². The molecule has 1 aromatic heterocycles. The summed E-state index contributed by atoms with van der Waals surface area (Å²) in [6.07, 6.45) is 3.53. The molecule has 0 fully saturated rings. The van der Waals surface area contributed by atoms with Gasteiger partial charge in [0.05, 0.1) is 23.6 Å². The SMILES string of the molecule is NNC(Cc1cccc(Cl)c1F)c1ccoc1. The van der Waals surface area contributed by atoms with Crippen LogP contribution in [-0.4, -0.2) is 0 Å². The molecule has 0 aliphatic heterocycles. The lowest BCUT2D eigenvalue weighted by Crippen LogP contribution is -2.29. The first-order valence-electron chi connectivity index (χ1n) is 5.13. The maximum atomic E-state index is 13.7. The first-order valence-corrected chi connectivity index (χ1v) is 5.51. The Bertz CT molecular complexity index is 487. The lowest BCUT2D eigenvalue weighted by atomic mass is 10.0. The van der Waals surface area contributed by atoms with Crippen LogP contribution in [0.2, 0.25) is 5.02 Å². The molecule has 1 unspecified atom stereocenters. The van der Waals surface area contributed by atoms with Crippen LogP contribution in [0, 0.1) is 5.82 Å². The van der Waals surface area contributed by atoms with Gasteiger partial charge in [-0.25, -0.2) is 4.39 Å². The number of furan rings is 1. The van der Waals surface area contributed by atoms with Crippen molar-refractivity contribution < 1.29 is 8.81 Å². The van der Waals surface area contributed by atoms with Gasteiger partial charge in [0.25, 0.3) is 0 Å². The molecule has 0 saturated heterocycles. The summed E-state index contributed by atoms with van der Waals surface area (Å²) < 4.78 is 18.7. The maximum Gasteiger partial charge on any atom is 0.145 e. The van der Waals surface area contributed by atoms with Gasteiger partial charge in [-0.15, -0.1) is 0 Å². The fourth-order valence-corrected chi connectivity index (χ4v) is 1.87. The summed E-state index contributed by atoms with van der Waals surface area (Å²) in [7, 11) is 0. The summed E-state index contributed by atoms with van der Waals surface area (Å²) in [6.45, 7) is 0. The standard InChI is InChI=1S/C12H12ClFN2O/c13-10-3-1-2-8(12(10)14)6-11(16-15)9-4-5-17-7-9/h1-5,7,11,16H,6,15H2. The lowest BCUT2D eigenvalue weighted by Gasteiger charge is -2.14. The third-order valence-electron chi connectivity index (χ3n) is 2.60. The topological polar surface area (TPSA) is 51.2 Å². The highest BCUT2D eigenvalue weighted by molar-refractivity contribution is 6.30. The Hall–Kier alpha value is -1.36. The highest BCUT2D eigenvalue weighted by Crippen LogP contribution is 2.23. The Morgan fingerprint density at radius 2 is 2.24 bits per heavy atom. The van der Waals surface area contributed by atoms with E-state index < -0.39 is 5.82 Å². The highest BCUT2D eigenvalue weighted by atomic mass is 35.5. The van der Waals surface area contributed by atoms with Crippen LogP contribution in [0.25, 0.3) is 0 Å². The number of hydrogen-bond donors (Lipinski definition) is 2. The summed E-state index contributed by atoms with van der Waals surface area (Å²) in [6, 6.07) is 6.49. The fourth-order valence-electron chi connectivity index (χ4n) is 1.67. The average molecular weight is 255 g/mol. The summed E-state index contributed by atoms with van der Waals surface area (Å²) in [5, 5.41) is 0.116. The zero-order valence-corrected chi connectivity index (χ0v) is 9.75. The van der Waals surface area contributed by atoms with E-state index in [4.69, 9.17) is 21.9 Å². The van der Waals surface area contributed by atoms with Gasteiger partial charge in [0.1, 0.15) is 5.82 Å². The van der Waals surface area contributed by atoms with E-state index in [1.54, 1.807) is 30.7 Å². The van der Waals surface area contributed by atoms with E-state index in [0.29, 0.717) is 12.0 Å². The molecule has 2 rings (SSSR count). The number of hydrogen-bond acceptors (Lipinski definition) is 3. The summed E-state index contributed by atoms with van der Waals surface area (Å²) in [5.41, 5.74) is 4.01. The van der Waals surface area contributed by atoms with E-state index in [2.05, 4.69) is 5.43 Å². The van der Waals surface area contributed by atoms with Crippen molar-refractivity contribution in [1.29, 1.82) is 0 Å². The van der Waals surface area contributed by atoms with Crippen LogP contribution >= 0.6 is 11.6 Å². The molecular formula is C12H12ClFN2O. The minimum Gasteiger partial charge on any atom is -0.472 e. The maximum absolute atomic E-state index is 13.7. The van der Waals surface area contributed by atoms with Gasteiger partial charge in [0.2, 0.25) is 0 Å². The predicted octanol–water partition coefficient (Wildman–Crippen LogP) is 2.82. The molecule has 1 aromatic carbocycles. The first-order chi connectivity index (χ1) is 8.22. The van der Waals surface area contributed by atoms with E-state index in [-0.39, 0.29) is 11.1 Å². The summed E-state index contributed by atoms with van der Waals surface area (Å²) >= 11 is 5.72. The molecular weight excluding hydrogens is 243 g/mol. The quantitative estimate of drug-likeness (QED) is 0.652. The van der Waals surface area contributed by atoms with E-state index in [0.717, 1.165) is 5.56 Å². The van der Waals surface area contributed by atoms with Crippen LogP contribution in [0.1, 0.15) is 17.2 Å². The molecule has 1 atom stereocenters. The molecule has 0 amide bonds. The molecule has 0 aliphatic rings. The van der Waals surface area contributed by atoms with Crippen molar-refractivity contribution in [3.63, 3.8) is 0 Å². The second-order valence-electron chi connectivity index (χ2n) is 3.69. The predicted molar refractivity (Wildman–Crippen MR) is 63.9 cm³/mol. The zero-order valence-electron chi connectivity index (χ0n) is 8.99. The van der Waals surface area contributed by atoms with E-state index in [1.807, 2.05) is 0 Å². The zero-order chi connectivity index (χ0) is 12.3. The highest BCUT2D eigenvalue weighted by Gasteiger charge is 2.15. The molecule has 3 N–H and O–H groups in total. The Kier molecular flexibility index (Phi) is 3.78. The molecule has 2 aromatic rings. The van der Waals surface area contributed by atoms with Gasteiger partial charge in [-0.05, 0) is 24.1 Å². The van der Waals surface area contributed by atoms with Crippen LogP contribution < -0.4 is 11.3 Å². The molecule has 0 aliphatic carbocycles. The van der Waals surface area contributed by atoms with Crippen molar-refractivity contribution in [2.45, 2.75) is 12.5 Å². The van der Waals surface area contributed by atoms with Crippen molar-refractivity contribution >= 4 is 11.6 Å². The number of benzene rings is 1. The third-order valence-corrected chi connectivity index (χ3v) is 2.89. The number of halogens is 2. The average Bonchev–Trinajstić information content (AvgIpc) is 2.85. The van der Waals surface area contributed by atoms with Crippen molar-refractivity contribution in [3.05, 3.63) is 58.8 Å². The number of nitrogens with two attached hydrogens (primary N) is 1. The molecule has 17 heavy (non-hydrogen) atoms. The van der Waals surface area contributed by atoms with E-state index in [9.17, 15) is 4.39 Å². The van der Waals surface area contributed by atoms with E-state index in [1.165, 1.54) is 6.07 Å². The number of rotatable bonds is 4. The van der Waals surface area contributed by atoms with Gasteiger partial charge in [0, 0.05) is 5.56 Å². The molecule has 3 nitrogen and oxygen atoms in total. The van der Waals surface area contributed by atoms with Gasteiger partial charge in [0.15, 0.2) is 0 Å². The van der Waals surface area contributed by atoms with Crippen LogP contribution in [0.3, 0.4) is 0 Å². The van der Waals surface area contributed by atoms with Crippen LogP contribution in [0.15, 0.2) is 41.2 Å².